The first-order chi connectivity index (χ1) is 11.2. The van der Waals surface area contributed by atoms with Crippen LogP contribution in [0.5, 0.6) is 0 Å². The molecule has 0 aliphatic heterocycles. The Labute approximate surface area is 141 Å². The van der Waals surface area contributed by atoms with Crippen molar-refractivity contribution >= 4 is 28.1 Å². The maximum absolute atomic E-state index is 12.2. The van der Waals surface area contributed by atoms with Gasteiger partial charge in [-0.25, -0.2) is 4.98 Å². The van der Waals surface area contributed by atoms with Crippen LogP contribution in [0.2, 0.25) is 0 Å². The fraction of sp³-hybridized carbons (Fsp3) is 0.444. The van der Waals surface area contributed by atoms with E-state index in [4.69, 9.17) is 5.73 Å². The third-order valence-corrected chi connectivity index (χ3v) is 5.14. The fourth-order valence-corrected chi connectivity index (χ4v) is 3.78. The summed E-state index contributed by atoms with van der Waals surface area (Å²) in [4.78, 5) is 16.4. The molecule has 1 aromatic carbocycles. The Morgan fingerprint density at radius 1 is 1.30 bits per heavy atom. The third kappa shape index (κ3) is 4.55. The minimum absolute atomic E-state index is 0.102. The molecule has 0 atom stereocenters. The summed E-state index contributed by atoms with van der Waals surface area (Å²) in [5.74, 6) is 0.837. The zero-order chi connectivity index (χ0) is 16.1. The summed E-state index contributed by atoms with van der Waals surface area (Å²) < 4.78 is 0. The Morgan fingerprint density at radius 3 is 2.87 bits per heavy atom. The maximum atomic E-state index is 12.2. The second-order valence-corrected chi connectivity index (χ2v) is 7.13. The normalized spacial score (nSPS) is 15.5. The number of carbonyl (C=O) groups is 1. The molecule has 0 bridgehead atoms. The van der Waals surface area contributed by atoms with Gasteiger partial charge in [-0.05, 0) is 24.5 Å². The average molecular weight is 329 g/mol. The Hall–Kier alpha value is -1.88. The summed E-state index contributed by atoms with van der Waals surface area (Å²) >= 11 is 1.42. The van der Waals surface area contributed by atoms with Gasteiger partial charge < -0.3 is 11.1 Å². The minimum Gasteiger partial charge on any atom is -0.375 e. The molecule has 1 amide bonds. The van der Waals surface area contributed by atoms with Gasteiger partial charge in [0.2, 0.25) is 5.91 Å². The molecule has 1 fully saturated rings. The standard InChI is InChI=1S/C18H23N3OS/c19-18-21-16(12-23-18)14-7-4-8-15(11-14)20-17(22)10-9-13-5-2-1-3-6-13/h4,7-8,11-13H,1-3,5-6,9-10H2,(H2,19,21)(H,20,22). The number of nitrogen functional groups attached to an aromatic ring is 1. The zero-order valence-corrected chi connectivity index (χ0v) is 14.1. The van der Waals surface area contributed by atoms with Crippen LogP contribution < -0.4 is 11.1 Å². The Balaban J connectivity index is 1.56. The van der Waals surface area contributed by atoms with Gasteiger partial charge in [0.15, 0.2) is 5.13 Å². The average Bonchev–Trinajstić information content (AvgIpc) is 3.01. The lowest BCUT2D eigenvalue weighted by Gasteiger charge is -2.21. The molecule has 1 saturated carbocycles. The van der Waals surface area contributed by atoms with Gasteiger partial charge in [-0.1, -0.05) is 44.2 Å². The van der Waals surface area contributed by atoms with Crippen LogP contribution in [-0.4, -0.2) is 10.9 Å². The van der Waals surface area contributed by atoms with Crippen LogP contribution in [0.15, 0.2) is 29.6 Å². The molecule has 1 aliphatic rings. The molecule has 0 unspecified atom stereocenters. The Kier molecular flexibility index (Phi) is 5.28. The van der Waals surface area contributed by atoms with Crippen molar-refractivity contribution in [3.05, 3.63) is 29.6 Å². The second-order valence-electron chi connectivity index (χ2n) is 6.24. The number of amides is 1. The first-order valence-electron chi connectivity index (χ1n) is 8.32. The fourth-order valence-electron chi connectivity index (χ4n) is 3.21. The van der Waals surface area contributed by atoms with E-state index >= 15 is 0 Å². The SMILES string of the molecule is Nc1nc(-c2cccc(NC(=O)CCC3CCCCC3)c2)cs1. The summed E-state index contributed by atoms with van der Waals surface area (Å²) in [5, 5.41) is 5.49. The number of nitrogens with two attached hydrogens (primary N) is 1. The summed E-state index contributed by atoms with van der Waals surface area (Å²) in [5.41, 5.74) is 8.33. The topological polar surface area (TPSA) is 68.0 Å². The highest BCUT2D eigenvalue weighted by molar-refractivity contribution is 7.13. The van der Waals surface area contributed by atoms with E-state index < -0.39 is 0 Å². The number of thiazole rings is 1. The lowest BCUT2D eigenvalue weighted by Crippen LogP contribution is -2.14. The zero-order valence-electron chi connectivity index (χ0n) is 13.3. The minimum atomic E-state index is 0.102. The van der Waals surface area contributed by atoms with Crippen LogP contribution in [0, 0.1) is 5.92 Å². The number of rotatable bonds is 5. The molecule has 2 aromatic rings. The van der Waals surface area contributed by atoms with Crippen molar-refractivity contribution in [1.29, 1.82) is 0 Å². The van der Waals surface area contributed by atoms with Crippen LogP contribution in [-0.2, 0) is 4.79 Å². The number of benzene rings is 1. The first-order valence-corrected chi connectivity index (χ1v) is 9.20. The predicted octanol–water partition coefficient (Wildman–Crippen LogP) is 4.69. The van der Waals surface area contributed by atoms with E-state index in [0.717, 1.165) is 29.3 Å². The number of carbonyl (C=O) groups excluding carboxylic acids is 1. The summed E-state index contributed by atoms with van der Waals surface area (Å²) in [6, 6.07) is 7.78. The second kappa shape index (κ2) is 7.59. The van der Waals surface area contributed by atoms with E-state index in [-0.39, 0.29) is 5.91 Å². The van der Waals surface area contributed by atoms with E-state index in [1.165, 1.54) is 43.4 Å². The number of hydrogen-bond acceptors (Lipinski definition) is 4. The molecule has 0 spiro atoms. The number of nitrogens with one attached hydrogen (secondary N) is 1. The smallest absolute Gasteiger partial charge is 0.224 e. The van der Waals surface area contributed by atoms with Gasteiger partial charge in [-0.3, -0.25) is 4.79 Å². The quantitative estimate of drug-likeness (QED) is 0.836. The molecule has 0 saturated heterocycles. The van der Waals surface area contributed by atoms with Gasteiger partial charge in [0.25, 0.3) is 0 Å². The highest BCUT2D eigenvalue weighted by atomic mass is 32.1. The van der Waals surface area contributed by atoms with Crippen molar-refractivity contribution in [2.75, 3.05) is 11.1 Å². The maximum Gasteiger partial charge on any atom is 0.224 e. The third-order valence-electron chi connectivity index (χ3n) is 4.47. The van der Waals surface area contributed by atoms with Crippen LogP contribution in [0.25, 0.3) is 11.3 Å². The van der Waals surface area contributed by atoms with Gasteiger partial charge in [-0.15, -0.1) is 11.3 Å². The number of hydrogen-bond donors (Lipinski definition) is 2. The van der Waals surface area contributed by atoms with Crippen LogP contribution in [0.3, 0.4) is 0 Å². The van der Waals surface area contributed by atoms with Crippen molar-refractivity contribution in [2.45, 2.75) is 44.9 Å². The van der Waals surface area contributed by atoms with Gasteiger partial charge >= 0.3 is 0 Å². The molecule has 5 heteroatoms. The number of nitrogens with zero attached hydrogens (tertiary/aromatic N) is 1. The largest absolute Gasteiger partial charge is 0.375 e. The van der Waals surface area contributed by atoms with E-state index in [1.807, 2.05) is 29.6 Å². The van der Waals surface area contributed by atoms with Crippen molar-refractivity contribution < 1.29 is 4.79 Å². The van der Waals surface area contributed by atoms with Gasteiger partial charge in [0, 0.05) is 23.1 Å². The highest BCUT2D eigenvalue weighted by Crippen LogP contribution is 2.28. The van der Waals surface area contributed by atoms with Crippen molar-refractivity contribution in [3.63, 3.8) is 0 Å². The number of anilines is 2. The number of aromatic nitrogens is 1. The molecule has 3 rings (SSSR count). The molecule has 23 heavy (non-hydrogen) atoms. The van der Waals surface area contributed by atoms with E-state index in [9.17, 15) is 4.79 Å². The molecule has 3 N–H and O–H groups in total. The summed E-state index contributed by atoms with van der Waals surface area (Å²) in [6.45, 7) is 0. The van der Waals surface area contributed by atoms with Crippen LogP contribution >= 0.6 is 11.3 Å². The van der Waals surface area contributed by atoms with E-state index in [0.29, 0.717) is 11.6 Å². The molecule has 1 aliphatic carbocycles. The van der Waals surface area contributed by atoms with Crippen LogP contribution in [0.1, 0.15) is 44.9 Å². The molecule has 122 valence electrons. The molecule has 1 aromatic heterocycles. The van der Waals surface area contributed by atoms with Gasteiger partial charge in [0.1, 0.15) is 0 Å². The first kappa shape index (κ1) is 16.0. The monoisotopic (exact) mass is 329 g/mol. The van der Waals surface area contributed by atoms with Crippen molar-refractivity contribution in [2.24, 2.45) is 5.92 Å². The van der Waals surface area contributed by atoms with E-state index in [1.54, 1.807) is 0 Å². The molecule has 0 radical (unpaired) electrons. The molecular formula is C18H23N3OS. The lowest BCUT2D eigenvalue weighted by molar-refractivity contribution is -0.116. The Bertz CT molecular complexity index is 662. The molecular weight excluding hydrogens is 306 g/mol. The van der Waals surface area contributed by atoms with Crippen LogP contribution in [0.4, 0.5) is 10.8 Å². The van der Waals surface area contributed by atoms with Crippen molar-refractivity contribution in [1.82, 2.24) is 4.98 Å². The van der Waals surface area contributed by atoms with Gasteiger partial charge in [-0.2, -0.15) is 0 Å². The Morgan fingerprint density at radius 2 is 2.13 bits per heavy atom. The highest BCUT2D eigenvalue weighted by Gasteiger charge is 2.15. The molecule has 1 heterocycles. The molecule has 4 nitrogen and oxygen atoms in total. The van der Waals surface area contributed by atoms with Crippen molar-refractivity contribution in [3.8, 4) is 11.3 Å². The summed E-state index contributed by atoms with van der Waals surface area (Å²) in [7, 11) is 0. The summed E-state index contributed by atoms with van der Waals surface area (Å²) in [6.07, 6.45) is 8.20. The van der Waals surface area contributed by atoms with E-state index in [2.05, 4.69) is 10.3 Å². The predicted molar refractivity (Wildman–Crippen MR) is 96.4 cm³/mol. The van der Waals surface area contributed by atoms with Gasteiger partial charge in [0.05, 0.1) is 5.69 Å². The lowest BCUT2D eigenvalue weighted by atomic mass is 9.86.